The largest absolute Gasteiger partial charge is 0.477 e. The predicted octanol–water partition coefficient (Wildman–Crippen LogP) is -1.61. The number of nitrogens with zero attached hydrogens (tertiary/aromatic N) is 3. The number of likely N-dealkylation sites (N-methyl/N-ethyl adjacent to an activating group) is 1. The Labute approximate surface area is 140 Å². The second-order valence-electron chi connectivity index (χ2n) is 6.48. The SMILES string of the molecule is C[C@@H](O)[C@H]1C(=O)N2C(C(=O)O)=C(CN(C)CCN=C(N)N)[C@H](C)[C@H]12. The van der Waals surface area contributed by atoms with Crippen molar-refractivity contribution in [3.05, 3.63) is 11.3 Å². The number of carbonyl (C=O) groups is 2. The van der Waals surface area contributed by atoms with Gasteiger partial charge in [0.05, 0.1) is 24.6 Å². The third kappa shape index (κ3) is 3.09. The molecule has 2 aliphatic rings. The molecule has 0 bridgehead atoms. The fourth-order valence-corrected chi connectivity index (χ4v) is 3.57. The number of nitrogens with two attached hydrogens (primary N) is 2. The number of fused-ring (bicyclic) bond motifs is 1. The van der Waals surface area contributed by atoms with Crippen molar-refractivity contribution in [3.63, 3.8) is 0 Å². The van der Waals surface area contributed by atoms with E-state index in [0.29, 0.717) is 25.2 Å². The van der Waals surface area contributed by atoms with Crippen LogP contribution < -0.4 is 11.5 Å². The Morgan fingerprint density at radius 2 is 2.08 bits per heavy atom. The van der Waals surface area contributed by atoms with Gasteiger partial charge in [0.15, 0.2) is 5.96 Å². The summed E-state index contributed by atoms with van der Waals surface area (Å²) in [4.78, 5) is 31.0. The molecule has 9 nitrogen and oxygen atoms in total. The van der Waals surface area contributed by atoms with Crippen LogP contribution in [0.25, 0.3) is 0 Å². The van der Waals surface area contributed by atoms with Crippen LogP contribution in [0, 0.1) is 11.8 Å². The van der Waals surface area contributed by atoms with E-state index >= 15 is 0 Å². The van der Waals surface area contributed by atoms with Gasteiger partial charge in [0.1, 0.15) is 5.70 Å². The molecule has 0 radical (unpaired) electrons. The Balaban J connectivity index is 2.17. The number of carboxylic acid groups (broad SMARTS) is 1. The first-order valence-corrected chi connectivity index (χ1v) is 7.88. The first-order chi connectivity index (χ1) is 11.2. The minimum atomic E-state index is -1.12. The lowest BCUT2D eigenvalue weighted by atomic mass is 9.77. The quantitative estimate of drug-likeness (QED) is 0.248. The number of carbonyl (C=O) groups excluding carboxylic acids is 1. The number of aliphatic carboxylic acids is 1. The molecule has 0 unspecified atom stereocenters. The molecule has 2 rings (SSSR count). The topological polar surface area (TPSA) is 145 Å². The van der Waals surface area contributed by atoms with Crippen LogP contribution in [0.1, 0.15) is 13.8 Å². The molecule has 9 heteroatoms. The number of carboxylic acids is 1. The van der Waals surface area contributed by atoms with Gasteiger partial charge >= 0.3 is 5.97 Å². The van der Waals surface area contributed by atoms with Gasteiger partial charge in [-0.05, 0) is 19.5 Å². The standard InChI is InChI=1S/C15H25N5O4/c1-7-9(6-19(3)5-4-18-15(16)17)12(14(23)24)20-11(7)10(8(2)21)13(20)22/h7-8,10-11,21H,4-6H2,1-3H3,(H,23,24)(H4,16,17,18)/t7-,8+,10+,11+/m0/s1. The first-order valence-electron chi connectivity index (χ1n) is 7.88. The average molecular weight is 339 g/mol. The fraction of sp³-hybridized carbons (Fsp3) is 0.667. The van der Waals surface area contributed by atoms with E-state index in [4.69, 9.17) is 11.5 Å². The molecule has 1 fully saturated rings. The van der Waals surface area contributed by atoms with Crippen molar-refractivity contribution in [2.24, 2.45) is 28.3 Å². The summed E-state index contributed by atoms with van der Waals surface area (Å²) in [5, 5.41) is 19.3. The van der Waals surface area contributed by atoms with Gasteiger partial charge in [-0.25, -0.2) is 4.79 Å². The number of guanidine groups is 1. The second kappa shape index (κ2) is 6.78. The molecule has 24 heavy (non-hydrogen) atoms. The highest BCUT2D eigenvalue weighted by Gasteiger charge is 2.59. The summed E-state index contributed by atoms with van der Waals surface area (Å²) in [5.41, 5.74) is 11.3. The van der Waals surface area contributed by atoms with E-state index in [2.05, 4.69) is 4.99 Å². The highest BCUT2D eigenvalue weighted by molar-refractivity contribution is 6.00. The third-order valence-electron chi connectivity index (χ3n) is 4.73. The molecule has 1 saturated heterocycles. The molecule has 0 spiro atoms. The fourth-order valence-electron chi connectivity index (χ4n) is 3.57. The normalized spacial score (nSPS) is 27.1. The molecule has 4 atom stereocenters. The molecule has 2 aliphatic heterocycles. The van der Waals surface area contributed by atoms with Gasteiger partial charge in [0.2, 0.25) is 5.91 Å². The van der Waals surface area contributed by atoms with Gasteiger partial charge in [0, 0.05) is 19.0 Å². The number of aliphatic imine (C=N–C) groups is 1. The molecule has 6 N–H and O–H groups in total. The monoisotopic (exact) mass is 339 g/mol. The highest BCUT2D eigenvalue weighted by Crippen LogP contribution is 2.47. The molecule has 2 heterocycles. The summed E-state index contributed by atoms with van der Waals surface area (Å²) in [6.07, 6.45) is -0.796. The molecular formula is C15H25N5O4. The lowest BCUT2D eigenvalue weighted by Crippen LogP contribution is -2.63. The molecule has 0 saturated carbocycles. The Morgan fingerprint density at radius 1 is 1.46 bits per heavy atom. The van der Waals surface area contributed by atoms with E-state index in [1.807, 2.05) is 18.9 Å². The van der Waals surface area contributed by atoms with Crippen LogP contribution >= 0.6 is 0 Å². The Morgan fingerprint density at radius 3 is 2.58 bits per heavy atom. The zero-order valence-electron chi connectivity index (χ0n) is 14.1. The summed E-state index contributed by atoms with van der Waals surface area (Å²) in [5.74, 6) is -2.10. The summed E-state index contributed by atoms with van der Waals surface area (Å²) in [6, 6.07) is -0.287. The van der Waals surface area contributed by atoms with Crippen molar-refractivity contribution in [3.8, 4) is 0 Å². The van der Waals surface area contributed by atoms with Crippen molar-refractivity contribution in [2.45, 2.75) is 26.0 Å². The van der Waals surface area contributed by atoms with Crippen molar-refractivity contribution < 1.29 is 19.8 Å². The molecule has 0 aliphatic carbocycles. The van der Waals surface area contributed by atoms with Crippen LogP contribution in [0.5, 0.6) is 0 Å². The van der Waals surface area contributed by atoms with Crippen molar-refractivity contribution in [1.82, 2.24) is 9.80 Å². The number of hydrogen-bond acceptors (Lipinski definition) is 5. The number of hydrogen-bond donors (Lipinski definition) is 4. The number of rotatable bonds is 7. The smallest absolute Gasteiger partial charge is 0.352 e. The van der Waals surface area contributed by atoms with Crippen LogP contribution in [0.3, 0.4) is 0 Å². The van der Waals surface area contributed by atoms with Crippen LogP contribution in [-0.2, 0) is 9.59 Å². The molecule has 0 aromatic rings. The molecule has 0 aromatic carbocycles. The zero-order chi connectivity index (χ0) is 18.2. The van der Waals surface area contributed by atoms with E-state index in [1.54, 1.807) is 6.92 Å². The Kier molecular flexibility index (Phi) is 5.14. The van der Waals surface area contributed by atoms with Gasteiger partial charge in [-0.2, -0.15) is 0 Å². The summed E-state index contributed by atoms with van der Waals surface area (Å²) < 4.78 is 0. The summed E-state index contributed by atoms with van der Waals surface area (Å²) >= 11 is 0. The van der Waals surface area contributed by atoms with Crippen molar-refractivity contribution >= 4 is 17.8 Å². The van der Waals surface area contributed by atoms with Gasteiger partial charge in [0.25, 0.3) is 0 Å². The van der Waals surface area contributed by atoms with Gasteiger partial charge in [-0.15, -0.1) is 0 Å². The molecule has 134 valence electrons. The lowest BCUT2D eigenvalue weighted by Gasteiger charge is -2.46. The van der Waals surface area contributed by atoms with E-state index < -0.39 is 18.0 Å². The molecular weight excluding hydrogens is 314 g/mol. The van der Waals surface area contributed by atoms with Crippen molar-refractivity contribution in [1.29, 1.82) is 0 Å². The van der Waals surface area contributed by atoms with E-state index in [0.717, 1.165) is 0 Å². The maximum atomic E-state index is 12.2. The maximum Gasteiger partial charge on any atom is 0.352 e. The average Bonchev–Trinajstić information content (AvgIpc) is 2.68. The first kappa shape index (κ1) is 18.2. The molecule has 1 amide bonds. The minimum absolute atomic E-state index is 0.0117. The summed E-state index contributed by atoms with van der Waals surface area (Å²) in [6.45, 7) is 4.82. The van der Waals surface area contributed by atoms with E-state index in [-0.39, 0.29) is 29.5 Å². The van der Waals surface area contributed by atoms with Gasteiger partial charge in [-0.3, -0.25) is 9.79 Å². The van der Waals surface area contributed by atoms with Gasteiger partial charge in [-0.1, -0.05) is 6.92 Å². The van der Waals surface area contributed by atoms with Crippen LogP contribution in [0.15, 0.2) is 16.3 Å². The Bertz CT molecular complexity index is 597. The second-order valence-corrected chi connectivity index (χ2v) is 6.48. The number of amides is 1. The number of β-lactam (4-membered cyclic amide) rings is 1. The number of aliphatic hydroxyl groups is 1. The third-order valence-corrected chi connectivity index (χ3v) is 4.73. The maximum absolute atomic E-state index is 12.2. The van der Waals surface area contributed by atoms with Crippen LogP contribution in [0.2, 0.25) is 0 Å². The lowest BCUT2D eigenvalue weighted by molar-refractivity contribution is -0.163. The van der Waals surface area contributed by atoms with Crippen molar-refractivity contribution in [2.75, 3.05) is 26.7 Å². The molecule has 0 aromatic heterocycles. The van der Waals surface area contributed by atoms with Crippen LogP contribution in [-0.4, -0.2) is 76.7 Å². The summed E-state index contributed by atoms with van der Waals surface area (Å²) in [7, 11) is 1.84. The predicted molar refractivity (Wildman–Crippen MR) is 87.8 cm³/mol. The highest BCUT2D eigenvalue weighted by atomic mass is 16.4. The minimum Gasteiger partial charge on any atom is -0.477 e. The van der Waals surface area contributed by atoms with Gasteiger partial charge < -0.3 is 31.5 Å². The number of aliphatic hydroxyl groups excluding tert-OH is 1. The zero-order valence-corrected chi connectivity index (χ0v) is 14.1. The van der Waals surface area contributed by atoms with Crippen LogP contribution in [0.4, 0.5) is 0 Å². The Hall–Kier alpha value is -2.13. The van der Waals surface area contributed by atoms with E-state index in [1.165, 1.54) is 4.90 Å². The van der Waals surface area contributed by atoms with E-state index in [9.17, 15) is 19.8 Å².